The fourth-order valence-corrected chi connectivity index (χ4v) is 2.69. The lowest BCUT2D eigenvalue weighted by Gasteiger charge is -2.22. The van der Waals surface area contributed by atoms with Gasteiger partial charge in [-0.3, -0.25) is 4.79 Å². The van der Waals surface area contributed by atoms with Crippen LogP contribution in [0.4, 0.5) is 0 Å². The molecule has 0 saturated carbocycles. The lowest BCUT2D eigenvalue weighted by atomic mass is 9.97. The van der Waals surface area contributed by atoms with Gasteiger partial charge in [0.05, 0.1) is 13.2 Å². The summed E-state index contributed by atoms with van der Waals surface area (Å²) in [5, 5.41) is 3.12. The molecule has 3 nitrogen and oxygen atoms in total. The Bertz CT molecular complexity index is 800. The van der Waals surface area contributed by atoms with Crippen molar-refractivity contribution in [3.63, 3.8) is 0 Å². The van der Waals surface area contributed by atoms with Crippen molar-refractivity contribution >= 4 is 5.91 Å². The van der Waals surface area contributed by atoms with Crippen LogP contribution in [0.3, 0.4) is 0 Å². The number of hydrogen-bond donors (Lipinski definition) is 1. The van der Waals surface area contributed by atoms with E-state index < -0.39 is 0 Å². The van der Waals surface area contributed by atoms with Gasteiger partial charge in [0.2, 0.25) is 0 Å². The number of benzene rings is 3. The van der Waals surface area contributed by atoms with Gasteiger partial charge in [-0.1, -0.05) is 66.7 Å². The molecule has 3 heteroatoms. The number of amides is 1. The van der Waals surface area contributed by atoms with Crippen LogP contribution in [0.2, 0.25) is 0 Å². The molecule has 0 radical (unpaired) electrons. The lowest BCUT2D eigenvalue weighted by Crippen LogP contribution is -2.29. The Labute approximate surface area is 141 Å². The molecule has 3 rings (SSSR count). The first-order chi connectivity index (χ1) is 11.8. The molecule has 24 heavy (non-hydrogen) atoms. The van der Waals surface area contributed by atoms with E-state index in [4.69, 9.17) is 4.74 Å². The van der Waals surface area contributed by atoms with E-state index in [1.807, 2.05) is 72.8 Å². The van der Waals surface area contributed by atoms with Gasteiger partial charge in [0.15, 0.2) is 0 Å². The SMILES string of the molecule is COc1ccccc1C(NC(=O)c1ccccc1)c1ccccc1. The van der Waals surface area contributed by atoms with Crippen LogP contribution in [0, 0.1) is 0 Å². The molecule has 1 atom stereocenters. The molecule has 0 fully saturated rings. The molecule has 0 aromatic heterocycles. The highest BCUT2D eigenvalue weighted by molar-refractivity contribution is 5.94. The first-order valence-electron chi connectivity index (χ1n) is 7.83. The first kappa shape index (κ1) is 15.8. The predicted octanol–water partition coefficient (Wildman–Crippen LogP) is 4.21. The fraction of sp³-hybridized carbons (Fsp3) is 0.0952. The van der Waals surface area contributed by atoms with E-state index in [-0.39, 0.29) is 11.9 Å². The normalized spacial score (nSPS) is 11.5. The molecule has 1 N–H and O–H groups in total. The van der Waals surface area contributed by atoms with Gasteiger partial charge in [-0.25, -0.2) is 0 Å². The Balaban J connectivity index is 1.99. The van der Waals surface area contributed by atoms with E-state index >= 15 is 0 Å². The summed E-state index contributed by atoms with van der Waals surface area (Å²) in [5.74, 6) is 0.634. The summed E-state index contributed by atoms with van der Waals surface area (Å²) in [5.41, 5.74) is 2.56. The lowest BCUT2D eigenvalue weighted by molar-refractivity contribution is 0.0942. The second-order valence-corrected chi connectivity index (χ2v) is 5.43. The van der Waals surface area contributed by atoms with Crippen molar-refractivity contribution in [1.29, 1.82) is 0 Å². The number of hydrogen-bond acceptors (Lipinski definition) is 2. The molecule has 0 spiro atoms. The van der Waals surface area contributed by atoms with Gasteiger partial charge in [-0.15, -0.1) is 0 Å². The Morgan fingerprint density at radius 1 is 0.833 bits per heavy atom. The number of carbonyl (C=O) groups is 1. The maximum absolute atomic E-state index is 12.6. The zero-order chi connectivity index (χ0) is 16.8. The van der Waals surface area contributed by atoms with E-state index in [0.29, 0.717) is 5.56 Å². The third-order valence-corrected chi connectivity index (χ3v) is 3.89. The van der Waals surface area contributed by atoms with E-state index in [2.05, 4.69) is 5.32 Å². The van der Waals surface area contributed by atoms with Gasteiger partial charge in [0, 0.05) is 11.1 Å². The monoisotopic (exact) mass is 317 g/mol. The fourth-order valence-electron chi connectivity index (χ4n) is 2.69. The maximum Gasteiger partial charge on any atom is 0.252 e. The van der Waals surface area contributed by atoms with E-state index in [9.17, 15) is 4.79 Å². The quantitative estimate of drug-likeness (QED) is 0.765. The summed E-state index contributed by atoms with van der Waals surface area (Å²) in [4.78, 5) is 12.6. The number of ether oxygens (including phenoxy) is 1. The first-order valence-corrected chi connectivity index (χ1v) is 7.83. The van der Waals surface area contributed by atoms with Gasteiger partial charge in [-0.2, -0.15) is 0 Å². The summed E-state index contributed by atoms with van der Waals surface area (Å²) in [6, 6.07) is 26.6. The van der Waals surface area contributed by atoms with Crippen LogP contribution in [-0.4, -0.2) is 13.0 Å². The number of nitrogens with one attached hydrogen (secondary N) is 1. The molecule has 120 valence electrons. The topological polar surface area (TPSA) is 38.3 Å². The van der Waals surface area contributed by atoms with Crippen LogP contribution >= 0.6 is 0 Å². The molecular weight excluding hydrogens is 298 g/mol. The average molecular weight is 317 g/mol. The molecule has 3 aromatic rings. The van der Waals surface area contributed by atoms with Crippen molar-refractivity contribution < 1.29 is 9.53 Å². The summed E-state index contributed by atoms with van der Waals surface area (Å²) in [6.07, 6.45) is 0. The minimum atomic E-state index is -0.282. The standard InChI is InChI=1S/C21H19NO2/c1-24-19-15-9-8-14-18(19)20(16-10-4-2-5-11-16)22-21(23)17-12-6-3-7-13-17/h2-15,20H,1H3,(H,22,23). The summed E-state index contributed by atoms with van der Waals surface area (Å²) in [7, 11) is 1.64. The van der Waals surface area contributed by atoms with Gasteiger partial charge in [0.1, 0.15) is 5.75 Å². The Hall–Kier alpha value is -3.07. The van der Waals surface area contributed by atoms with Gasteiger partial charge < -0.3 is 10.1 Å². The summed E-state index contributed by atoms with van der Waals surface area (Å²) < 4.78 is 5.48. The van der Waals surface area contributed by atoms with Crippen molar-refractivity contribution in [1.82, 2.24) is 5.32 Å². The number of para-hydroxylation sites is 1. The van der Waals surface area contributed by atoms with Crippen molar-refractivity contribution in [2.45, 2.75) is 6.04 Å². The average Bonchev–Trinajstić information content (AvgIpc) is 2.67. The predicted molar refractivity (Wildman–Crippen MR) is 95.2 cm³/mol. The zero-order valence-electron chi connectivity index (χ0n) is 13.5. The number of rotatable bonds is 5. The molecule has 1 unspecified atom stereocenters. The van der Waals surface area contributed by atoms with Crippen molar-refractivity contribution in [3.05, 3.63) is 102 Å². The third kappa shape index (κ3) is 3.46. The summed E-state index contributed by atoms with van der Waals surface area (Å²) >= 11 is 0. The second-order valence-electron chi connectivity index (χ2n) is 5.43. The highest BCUT2D eigenvalue weighted by Crippen LogP contribution is 2.30. The van der Waals surface area contributed by atoms with E-state index in [1.165, 1.54) is 0 Å². The second kappa shape index (κ2) is 7.47. The van der Waals surface area contributed by atoms with Crippen LogP contribution in [0.1, 0.15) is 27.5 Å². The highest BCUT2D eigenvalue weighted by Gasteiger charge is 2.20. The van der Waals surface area contributed by atoms with Crippen molar-refractivity contribution in [2.75, 3.05) is 7.11 Å². The van der Waals surface area contributed by atoms with Gasteiger partial charge in [-0.05, 0) is 23.8 Å². The number of carbonyl (C=O) groups excluding carboxylic acids is 1. The van der Waals surface area contributed by atoms with E-state index in [0.717, 1.165) is 16.9 Å². The number of methoxy groups -OCH3 is 1. The van der Waals surface area contributed by atoms with Crippen LogP contribution in [0.25, 0.3) is 0 Å². The van der Waals surface area contributed by atoms with E-state index in [1.54, 1.807) is 19.2 Å². The van der Waals surface area contributed by atoms with Crippen LogP contribution < -0.4 is 10.1 Å². The van der Waals surface area contributed by atoms with Crippen molar-refractivity contribution in [2.24, 2.45) is 0 Å². The smallest absolute Gasteiger partial charge is 0.252 e. The Morgan fingerprint density at radius 3 is 2.08 bits per heavy atom. The van der Waals surface area contributed by atoms with Crippen molar-refractivity contribution in [3.8, 4) is 5.75 Å². The molecular formula is C21H19NO2. The molecule has 3 aromatic carbocycles. The van der Waals surface area contributed by atoms with Crippen LogP contribution in [0.5, 0.6) is 5.75 Å². The largest absolute Gasteiger partial charge is 0.496 e. The highest BCUT2D eigenvalue weighted by atomic mass is 16.5. The molecule has 0 aliphatic heterocycles. The van der Waals surface area contributed by atoms with Crippen LogP contribution in [-0.2, 0) is 0 Å². The molecule has 0 heterocycles. The van der Waals surface area contributed by atoms with Gasteiger partial charge in [0.25, 0.3) is 5.91 Å². The molecule has 1 amide bonds. The van der Waals surface area contributed by atoms with Crippen LogP contribution in [0.15, 0.2) is 84.9 Å². The minimum absolute atomic E-state index is 0.115. The van der Waals surface area contributed by atoms with Gasteiger partial charge >= 0.3 is 0 Å². The third-order valence-electron chi connectivity index (χ3n) is 3.89. The Morgan fingerprint density at radius 2 is 1.42 bits per heavy atom. The molecule has 0 bridgehead atoms. The zero-order valence-corrected chi connectivity index (χ0v) is 13.5. The molecule has 0 aliphatic carbocycles. The summed E-state index contributed by atoms with van der Waals surface area (Å²) in [6.45, 7) is 0. The minimum Gasteiger partial charge on any atom is -0.496 e. The Kier molecular flexibility index (Phi) is 4.92. The molecule has 0 saturated heterocycles. The molecule has 0 aliphatic rings. The maximum atomic E-state index is 12.6.